The second-order valence-electron chi connectivity index (χ2n) is 5.50. The molecule has 17 heavy (non-hydrogen) atoms. The molecule has 1 N–H and O–H groups in total. The van der Waals surface area contributed by atoms with Crippen LogP contribution in [0.5, 0.6) is 0 Å². The van der Waals surface area contributed by atoms with Gasteiger partial charge in [-0.05, 0) is 27.2 Å². The van der Waals surface area contributed by atoms with Crippen LogP contribution in [0.2, 0.25) is 0 Å². The number of carbonyl (C=O) groups is 1. The van der Waals surface area contributed by atoms with E-state index in [1.54, 1.807) is 0 Å². The smallest absolute Gasteiger partial charge is 0.219 e. The van der Waals surface area contributed by atoms with E-state index in [2.05, 4.69) is 20.8 Å². The minimum Gasteiger partial charge on any atom is -0.512 e. The van der Waals surface area contributed by atoms with Crippen LogP contribution in [0.3, 0.4) is 0 Å². The molecule has 2 aliphatic rings. The molecule has 2 atom stereocenters. The predicted octanol–water partition coefficient (Wildman–Crippen LogP) is 2.43. The van der Waals surface area contributed by atoms with Crippen LogP contribution in [0, 0.1) is 5.92 Å². The fraction of sp³-hybridized carbons (Fsp3) is 0.786. The zero-order chi connectivity index (χ0) is 12.7. The number of carbonyl (C=O) groups excluding carboxylic acids is 1. The molecule has 0 spiro atoms. The normalized spacial score (nSPS) is 32.8. The highest BCUT2D eigenvalue weighted by molar-refractivity contribution is 5.98. The number of nitrogens with zero attached hydrogens (tertiary/aromatic N) is 1. The summed E-state index contributed by atoms with van der Waals surface area (Å²) in [6, 6.07) is 0. The fourth-order valence-corrected chi connectivity index (χ4v) is 4.13. The summed E-state index contributed by atoms with van der Waals surface area (Å²) in [5, 5.41) is 9.80. The van der Waals surface area contributed by atoms with Gasteiger partial charge in [-0.3, -0.25) is 4.79 Å². The highest BCUT2D eigenvalue weighted by Gasteiger charge is 2.60. The number of hydrogen-bond donors (Lipinski definition) is 1. The Morgan fingerprint density at radius 3 is 2.47 bits per heavy atom. The van der Waals surface area contributed by atoms with E-state index in [0.29, 0.717) is 5.76 Å². The van der Waals surface area contributed by atoms with Crippen LogP contribution in [-0.4, -0.2) is 40.5 Å². The Morgan fingerprint density at radius 2 is 1.94 bits per heavy atom. The lowest BCUT2D eigenvalue weighted by atomic mass is 9.81. The maximum absolute atomic E-state index is 12.5. The molecule has 3 heteroatoms. The molecular weight excluding hydrogens is 214 g/mol. The van der Waals surface area contributed by atoms with Gasteiger partial charge in [-0.1, -0.05) is 0 Å². The van der Waals surface area contributed by atoms with Gasteiger partial charge >= 0.3 is 0 Å². The summed E-state index contributed by atoms with van der Waals surface area (Å²) in [4.78, 5) is 12.5. The van der Waals surface area contributed by atoms with E-state index in [9.17, 15) is 9.90 Å². The van der Waals surface area contributed by atoms with Gasteiger partial charge in [-0.25, -0.2) is 0 Å². The summed E-state index contributed by atoms with van der Waals surface area (Å²) in [7, 11) is 0. The van der Waals surface area contributed by atoms with E-state index in [-0.39, 0.29) is 17.2 Å². The number of likely N-dealkylation sites (N-methyl/N-ethyl adjacent to an activating group) is 1. The molecule has 2 aliphatic carbocycles. The third-order valence-corrected chi connectivity index (χ3v) is 5.37. The lowest BCUT2D eigenvalue weighted by molar-refractivity contribution is -0.961. The molecule has 0 aliphatic heterocycles. The Morgan fingerprint density at radius 1 is 1.35 bits per heavy atom. The molecule has 2 rings (SSSR count). The molecule has 0 aromatic carbocycles. The molecule has 2 unspecified atom stereocenters. The lowest BCUT2D eigenvalue weighted by Gasteiger charge is -2.50. The van der Waals surface area contributed by atoms with Crippen molar-refractivity contribution >= 4 is 5.78 Å². The molecule has 0 aromatic rings. The summed E-state index contributed by atoms with van der Waals surface area (Å²) in [5.74, 6) is 0.716. The zero-order valence-electron chi connectivity index (χ0n) is 11.2. The van der Waals surface area contributed by atoms with Crippen molar-refractivity contribution in [1.82, 2.24) is 0 Å². The summed E-state index contributed by atoms with van der Waals surface area (Å²) in [6.07, 6.45) is 4.26. The van der Waals surface area contributed by atoms with Gasteiger partial charge in [-0.2, -0.15) is 0 Å². The molecule has 1 saturated carbocycles. The minimum atomic E-state index is -0.241. The third-order valence-electron chi connectivity index (χ3n) is 5.37. The van der Waals surface area contributed by atoms with Gasteiger partial charge in [0.25, 0.3) is 0 Å². The number of quaternary nitrogens is 1. The van der Waals surface area contributed by atoms with Crippen molar-refractivity contribution in [3.05, 3.63) is 11.8 Å². The Labute approximate surface area is 104 Å². The second kappa shape index (κ2) is 4.13. The van der Waals surface area contributed by atoms with E-state index in [4.69, 9.17) is 0 Å². The van der Waals surface area contributed by atoms with Gasteiger partial charge in [0.2, 0.25) is 5.78 Å². The largest absolute Gasteiger partial charge is 0.512 e. The molecule has 0 saturated heterocycles. The summed E-state index contributed by atoms with van der Waals surface area (Å²) in [6.45, 7) is 9.54. The SMILES string of the molecule is CC[N+](CC)(CC)C12CCC(C1)C(O)=CC2=O. The summed E-state index contributed by atoms with van der Waals surface area (Å²) < 4.78 is 0.881. The monoisotopic (exact) mass is 238 g/mol. The maximum Gasteiger partial charge on any atom is 0.219 e. The molecule has 0 amide bonds. The summed E-state index contributed by atoms with van der Waals surface area (Å²) >= 11 is 0. The van der Waals surface area contributed by atoms with Crippen LogP contribution in [0.25, 0.3) is 0 Å². The minimum absolute atomic E-state index is 0.161. The average Bonchev–Trinajstić information content (AvgIpc) is 2.74. The number of allylic oxidation sites excluding steroid dienone is 1. The van der Waals surface area contributed by atoms with Gasteiger partial charge < -0.3 is 9.59 Å². The quantitative estimate of drug-likeness (QED) is 0.764. The van der Waals surface area contributed by atoms with Gasteiger partial charge in [0.05, 0.1) is 25.4 Å². The van der Waals surface area contributed by atoms with E-state index in [1.165, 1.54) is 6.08 Å². The number of aliphatic hydroxyl groups excluding tert-OH is 1. The standard InChI is InChI=1S/C14H23NO2/c1-4-15(5-2,6-3)14-8-7-11(10-14)12(16)9-13(14)17/h9,11H,4-8,10H2,1-3H3/p+1. The van der Waals surface area contributed by atoms with E-state index in [0.717, 1.165) is 43.4 Å². The van der Waals surface area contributed by atoms with Crippen LogP contribution < -0.4 is 0 Å². The Kier molecular flexibility index (Phi) is 3.06. The van der Waals surface area contributed by atoms with Crippen molar-refractivity contribution in [2.24, 2.45) is 5.92 Å². The second-order valence-corrected chi connectivity index (χ2v) is 5.50. The van der Waals surface area contributed by atoms with Crippen molar-refractivity contribution < 1.29 is 14.4 Å². The predicted molar refractivity (Wildman–Crippen MR) is 67.7 cm³/mol. The Hall–Kier alpha value is -0.830. The van der Waals surface area contributed by atoms with Gasteiger partial charge in [0.15, 0.2) is 5.54 Å². The van der Waals surface area contributed by atoms with Crippen LogP contribution in [0.4, 0.5) is 0 Å². The Bertz CT molecular complexity index is 349. The van der Waals surface area contributed by atoms with Crippen molar-refractivity contribution in [2.75, 3.05) is 19.6 Å². The number of rotatable bonds is 4. The third kappa shape index (κ3) is 1.48. The Balaban J connectivity index is 2.46. The van der Waals surface area contributed by atoms with Crippen molar-refractivity contribution in [3.8, 4) is 0 Å². The molecule has 3 nitrogen and oxygen atoms in total. The molecule has 2 bridgehead atoms. The van der Waals surface area contributed by atoms with Gasteiger partial charge in [0, 0.05) is 24.8 Å². The zero-order valence-corrected chi connectivity index (χ0v) is 11.2. The number of fused-ring (bicyclic) bond motifs is 2. The first-order valence-corrected chi connectivity index (χ1v) is 6.86. The molecular formula is C14H24NO2+. The lowest BCUT2D eigenvalue weighted by Crippen LogP contribution is -2.67. The molecule has 1 fully saturated rings. The van der Waals surface area contributed by atoms with Crippen molar-refractivity contribution in [3.63, 3.8) is 0 Å². The van der Waals surface area contributed by atoms with E-state index >= 15 is 0 Å². The first kappa shape index (κ1) is 12.6. The van der Waals surface area contributed by atoms with Gasteiger partial charge in [-0.15, -0.1) is 0 Å². The number of aliphatic hydroxyl groups is 1. The van der Waals surface area contributed by atoms with Crippen molar-refractivity contribution in [2.45, 2.75) is 45.6 Å². The van der Waals surface area contributed by atoms with E-state index < -0.39 is 0 Å². The van der Waals surface area contributed by atoms with Crippen LogP contribution in [-0.2, 0) is 4.79 Å². The molecule has 0 radical (unpaired) electrons. The van der Waals surface area contributed by atoms with Crippen LogP contribution in [0.15, 0.2) is 11.8 Å². The molecule has 0 aromatic heterocycles. The van der Waals surface area contributed by atoms with Crippen LogP contribution >= 0.6 is 0 Å². The first-order valence-electron chi connectivity index (χ1n) is 6.86. The van der Waals surface area contributed by atoms with Gasteiger partial charge in [0.1, 0.15) is 0 Å². The maximum atomic E-state index is 12.5. The molecule has 96 valence electrons. The average molecular weight is 238 g/mol. The summed E-state index contributed by atoms with van der Waals surface area (Å²) in [5.41, 5.74) is -0.241. The van der Waals surface area contributed by atoms with E-state index in [1.807, 2.05) is 0 Å². The van der Waals surface area contributed by atoms with Crippen LogP contribution in [0.1, 0.15) is 40.0 Å². The molecule has 0 heterocycles. The fourth-order valence-electron chi connectivity index (χ4n) is 4.13. The number of hydrogen-bond acceptors (Lipinski definition) is 2. The highest BCUT2D eigenvalue weighted by Crippen LogP contribution is 2.49. The topological polar surface area (TPSA) is 37.3 Å². The van der Waals surface area contributed by atoms with Crippen molar-refractivity contribution in [1.29, 1.82) is 0 Å². The first-order chi connectivity index (χ1) is 8.05. The highest BCUT2D eigenvalue weighted by atomic mass is 16.3. The number of ketones is 1.